The van der Waals surface area contributed by atoms with Crippen LogP contribution in [0.5, 0.6) is 0 Å². The van der Waals surface area contributed by atoms with Crippen LogP contribution < -0.4 is 10.2 Å². The summed E-state index contributed by atoms with van der Waals surface area (Å²) in [6, 6.07) is 14.5. The maximum absolute atomic E-state index is 13.8. The number of aryl methyl sites for hydroxylation is 1. The van der Waals surface area contributed by atoms with Crippen LogP contribution in [0.2, 0.25) is 0 Å². The Hall–Kier alpha value is -2.87. The van der Waals surface area contributed by atoms with Crippen molar-refractivity contribution in [1.29, 1.82) is 0 Å². The van der Waals surface area contributed by atoms with E-state index in [4.69, 9.17) is 4.42 Å². The topological polar surface area (TPSA) is 71.3 Å². The minimum atomic E-state index is -0.431. The number of hydrogen-bond donors (Lipinski definition) is 1. The van der Waals surface area contributed by atoms with Crippen molar-refractivity contribution >= 4 is 23.4 Å². The fourth-order valence-corrected chi connectivity index (χ4v) is 3.41. The Kier molecular flexibility index (Phi) is 7.24. The number of carbonyl (C=O) groups excluding carboxylic acids is 1. The molecule has 0 atom stereocenters. The molecule has 3 aromatic rings. The Bertz CT molecular complexity index is 963. The van der Waals surface area contributed by atoms with Crippen molar-refractivity contribution in [2.45, 2.75) is 19.1 Å². The van der Waals surface area contributed by atoms with E-state index < -0.39 is 5.82 Å². The summed E-state index contributed by atoms with van der Waals surface area (Å²) in [5.74, 6) is -0.307. The van der Waals surface area contributed by atoms with E-state index in [9.17, 15) is 9.18 Å². The van der Waals surface area contributed by atoms with Gasteiger partial charge >= 0.3 is 0 Å². The molecule has 1 aromatic heterocycles. The van der Waals surface area contributed by atoms with Gasteiger partial charge in [-0.3, -0.25) is 4.79 Å². The monoisotopic (exact) mass is 414 g/mol. The van der Waals surface area contributed by atoms with Crippen LogP contribution in [0.4, 0.5) is 10.1 Å². The van der Waals surface area contributed by atoms with Crippen LogP contribution in [0.15, 0.2) is 58.2 Å². The molecule has 0 bridgehead atoms. The van der Waals surface area contributed by atoms with Gasteiger partial charge in [-0.25, -0.2) is 4.39 Å². The lowest BCUT2D eigenvalue weighted by molar-refractivity contribution is -0.118. The van der Waals surface area contributed by atoms with Crippen molar-refractivity contribution in [3.8, 4) is 11.5 Å². The van der Waals surface area contributed by atoms with Crippen molar-refractivity contribution in [3.63, 3.8) is 0 Å². The first kappa shape index (κ1) is 20.9. The number of carbonyl (C=O) groups is 1. The van der Waals surface area contributed by atoms with E-state index >= 15 is 0 Å². The number of hydrogen-bond acceptors (Lipinski definition) is 6. The number of halogens is 1. The molecule has 0 fully saturated rings. The van der Waals surface area contributed by atoms with Crippen molar-refractivity contribution in [2.24, 2.45) is 0 Å². The first-order valence-corrected chi connectivity index (χ1v) is 10.3. The van der Waals surface area contributed by atoms with E-state index in [0.717, 1.165) is 24.0 Å². The minimum Gasteiger partial charge on any atom is -0.411 e. The molecule has 152 valence electrons. The van der Waals surface area contributed by atoms with Crippen molar-refractivity contribution < 1.29 is 13.6 Å². The highest BCUT2D eigenvalue weighted by Gasteiger charge is 2.14. The van der Waals surface area contributed by atoms with E-state index in [1.807, 2.05) is 6.07 Å². The van der Waals surface area contributed by atoms with E-state index in [-0.39, 0.29) is 28.3 Å². The lowest BCUT2D eigenvalue weighted by Gasteiger charge is -2.23. The Balaban J connectivity index is 1.45. The number of nitrogens with one attached hydrogen (secondary N) is 1. The molecule has 2 aromatic carbocycles. The third-order valence-electron chi connectivity index (χ3n) is 4.29. The summed E-state index contributed by atoms with van der Waals surface area (Å²) in [7, 11) is 0. The van der Waals surface area contributed by atoms with Crippen LogP contribution in [-0.4, -0.2) is 41.5 Å². The molecule has 0 saturated heterocycles. The van der Waals surface area contributed by atoms with Gasteiger partial charge in [0.2, 0.25) is 5.91 Å². The van der Waals surface area contributed by atoms with E-state index in [0.29, 0.717) is 13.1 Å². The summed E-state index contributed by atoms with van der Waals surface area (Å²) in [4.78, 5) is 14.3. The van der Waals surface area contributed by atoms with Gasteiger partial charge in [0.15, 0.2) is 0 Å². The largest absolute Gasteiger partial charge is 0.411 e. The molecule has 6 nitrogen and oxygen atoms in total. The summed E-state index contributed by atoms with van der Waals surface area (Å²) >= 11 is 1.12. The second-order valence-electron chi connectivity index (χ2n) is 6.41. The predicted octanol–water partition coefficient (Wildman–Crippen LogP) is 3.92. The summed E-state index contributed by atoms with van der Waals surface area (Å²) in [6.07, 6.45) is 0. The highest BCUT2D eigenvalue weighted by molar-refractivity contribution is 7.99. The van der Waals surface area contributed by atoms with Gasteiger partial charge in [0.25, 0.3) is 11.1 Å². The zero-order valence-electron chi connectivity index (χ0n) is 16.4. The van der Waals surface area contributed by atoms with Gasteiger partial charge in [-0.2, -0.15) is 0 Å². The molecule has 3 rings (SSSR count). The van der Waals surface area contributed by atoms with Gasteiger partial charge in [0, 0.05) is 25.3 Å². The first-order valence-electron chi connectivity index (χ1n) is 9.36. The van der Waals surface area contributed by atoms with Crippen molar-refractivity contribution in [1.82, 2.24) is 15.5 Å². The van der Waals surface area contributed by atoms with E-state index in [1.165, 1.54) is 11.6 Å². The van der Waals surface area contributed by atoms with Crippen molar-refractivity contribution in [3.05, 3.63) is 59.9 Å². The summed E-state index contributed by atoms with van der Waals surface area (Å²) < 4.78 is 19.2. The average molecular weight is 415 g/mol. The first-order chi connectivity index (χ1) is 14.1. The van der Waals surface area contributed by atoms with Gasteiger partial charge in [-0.1, -0.05) is 36.0 Å². The maximum Gasteiger partial charge on any atom is 0.277 e. The number of amides is 1. The zero-order valence-corrected chi connectivity index (χ0v) is 17.2. The maximum atomic E-state index is 13.8. The Labute approximate surface area is 173 Å². The molecule has 1 N–H and O–H groups in total. The summed E-state index contributed by atoms with van der Waals surface area (Å²) in [6.45, 7) is 6.25. The second-order valence-corrected chi connectivity index (χ2v) is 7.34. The molecule has 1 amide bonds. The normalized spacial score (nSPS) is 10.7. The molecule has 8 heteroatoms. The Morgan fingerprint density at radius 1 is 1.21 bits per heavy atom. The van der Waals surface area contributed by atoms with Crippen LogP contribution in [0, 0.1) is 12.7 Å². The highest BCUT2D eigenvalue weighted by atomic mass is 32.2. The van der Waals surface area contributed by atoms with Crippen molar-refractivity contribution in [2.75, 3.05) is 30.3 Å². The molecule has 29 heavy (non-hydrogen) atoms. The number of thioether (sulfide) groups is 1. The fourth-order valence-electron chi connectivity index (χ4n) is 2.81. The Morgan fingerprint density at radius 2 is 2.03 bits per heavy atom. The van der Waals surface area contributed by atoms with Gasteiger partial charge in [-0.15, -0.1) is 10.2 Å². The van der Waals surface area contributed by atoms with E-state index in [1.54, 1.807) is 18.2 Å². The van der Waals surface area contributed by atoms with Gasteiger partial charge in [0.05, 0.1) is 11.3 Å². The smallest absolute Gasteiger partial charge is 0.277 e. The highest BCUT2D eigenvalue weighted by Crippen LogP contribution is 2.24. The summed E-state index contributed by atoms with van der Waals surface area (Å²) in [5, 5.41) is 10.8. The zero-order chi connectivity index (χ0) is 20.6. The van der Waals surface area contributed by atoms with Gasteiger partial charge in [-0.05, 0) is 43.7 Å². The fraction of sp³-hybridized carbons (Fsp3) is 0.286. The molecule has 0 saturated carbocycles. The minimum absolute atomic E-state index is 0.0998. The van der Waals surface area contributed by atoms with Crippen LogP contribution in [0.3, 0.4) is 0 Å². The molecule has 0 aliphatic heterocycles. The lowest BCUT2D eigenvalue weighted by Crippen LogP contribution is -2.35. The molecular formula is C21H23FN4O2S. The molecule has 0 aliphatic carbocycles. The molecule has 0 aliphatic rings. The van der Waals surface area contributed by atoms with Gasteiger partial charge in [0.1, 0.15) is 5.82 Å². The third-order valence-corrected chi connectivity index (χ3v) is 5.11. The lowest BCUT2D eigenvalue weighted by atomic mass is 10.2. The van der Waals surface area contributed by atoms with E-state index in [2.05, 4.69) is 52.5 Å². The van der Waals surface area contributed by atoms with Crippen LogP contribution in [0.1, 0.15) is 12.5 Å². The van der Waals surface area contributed by atoms with Crippen LogP contribution in [-0.2, 0) is 4.79 Å². The number of anilines is 1. The molecular weight excluding hydrogens is 391 g/mol. The standard InChI is InChI=1S/C21H23FN4O2S/c1-3-26(16-8-6-7-15(2)13-16)12-11-23-19(27)14-29-21-25-24-20(28-21)17-9-4-5-10-18(17)22/h4-10,13H,3,11-12,14H2,1-2H3,(H,23,27). The van der Waals surface area contributed by atoms with Crippen LogP contribution >= 0.6 is 11.8 Å². The van der Waals surface area contributed by atoms with Gasteiger partial charge < -0.3 is 14.6 Å². The molecule has 0 radical (unpaired) electrons. The molecule has 0 spiro atoms. The SMILES string of the molecule is CCN(CCNC(=O)CSc1nnc(-c2ccccc2F)o1)c1cccc(C)c1. The second kappa shape index (κ2) is 10.1. The third kappa shape index (κ3) is 5.80. The Morgan fingerprint density at radius 3 is 2.79 bits per heavy atom. The number of aromatic nitrogens is 2. The number of likely N-dealkylation sites (N-methyl/N-ethyl adjacent to an activating group) is 1. The quantitative estimate of drug-likeness (QED) is 0.535. The predicted molar refractivity (Wildman–Crippen MR) is 112 cm³/mol. The summed E-state index contributed by atoms with van der Waals surface area (Å²) in [5.41, 5.74) is 2.59. The molecule has 0 unspecified atom stereocenters. The average Bonchev–Trinajstić information content (AvgIpc) is 3.19. The number of benzene rings is 2. The van der Waals surface area contributed by atoms with Crippen LogP contribution in [0.25, 0.3) is 11.5 Å². The number of nitrogens with zero attached hydrogens (tertiary/aromatic N) is 3. The number of rotatable bonds is 9. The molecule has 1 heterocycles.